The van der Waals surface area contributed by atoms with Crippen molar-refractivity contribution in [2.75, 3.05) is 18.5 Å². The van der Waals surface area contributed by atoms with Crippen LogP contribution >= 0.6 is 0 Å². The van der Waals surface area contributed by atoms with Gasteiger partial charge in [0.1, 0.15) is 6.54 Å². The Hall–Kier alpha value is -2.70. The van der Waals surface area contributed by atoms with Crippen LogP contribution in [0.2, 0.25) is 0 Å². The molecule has 2 bridgehead atoms. The molecule has 148 valence electrons. The van der Waals surface area contributed by atoms with Gasteiger partial charge in [-0.1, -0.05) is 6.07 Å². The maximum Gasteiger partial charge on any atom is 0.326 e. The molecule has 1 aromatic carbocycles. The SMILES string of the molecule is Cc1cc(C)cc(NC(=O)COC(=O)CN2C(=O)[C@@H]3[C@@H]4CC[C@@H](C4)[C@@H]3C2=O)c1. The number of rotatable bonds is 5. The van der Waals surface area contributed by atoms with Gasteiger partial charge in [0.15, 0.2) is 6.61 Å². The smallest absolute Gasteiger partial charge is 0.326 e. The zero-order chi connectivity index (χ0) is 20.0. The van der Waals surface area contributed by atoms with Crippen LogP contribution in [0.5, 0.6) is 0 Å². The number of aryl methyl sites for hydroxylation is 2. The van der Waals surface area contributed by atoms with E-state index in [9.17, 15) is 19.2 Å². The minimum Gasteiger partial charge on any atom is -0.454 e. The molecule has 4 rings (SSSR count). The molecule has 2 aliphatic carbocycles. The van der Waals surface area contributed by atoms with Crippen LogP contribution < -0.4 is 5.32 Å². The Labute approximate surface area is 163 Å². The van der Waals surface area contributed by atoms with Gasteiger partial charge in [0.25, 0.3) is 5.91 Å². The monoisotopic (exact) mass is 384 g/mol. The summed E-state index contributed by atoms with van der Waals surface area (Å²) in [5.41, 5.74) is 2.66. The highest BCUT2D eigenvalue weighted by atomic mass is 16.5. The largest absolute Gasteiger partial charge is 0.454 e. The second kappa shape index (κ2) is 7.04. The number of imide groups is 1. The molecule has 1 aliphatic heterocycles. The average Bonchev–Trinajstić information content (AvgIpc) is 3.29. The van der Waals surface area contributed by atoms with Gasteiger partial charge in [0, 0.05) is 5.69 Å². The van der Waals surface area contributed by atoms with Crippen molar-refractivity contribution in [2.45, 2.75) is 33.1 Å². The molecule has 1 N–H and O–H groups in total. The van der Waals surface area contributed by atoms with Gasteiger partial charge in [-0.25, -0.2) is 0 Å². The molecule has 1 aromatic rings. The summed E-state index contributed by atoms with van der Waals surface area (Å²) in [4.78, 5) is 50.3. The number of carbonyl (C=O) groups is 4. The predicted octanol–water partition coefficient (Wildman–Crippen LogP) is 1.82. The molecule has 7 heteroatoms. The summed E-state index contributed by atoms with van der Waals surface area (Å²) in [7, 11) is 0. The molecule has 28 heavy (non-hydrogen) atoms. The number of carbonyl (C=O) groups excluding carboxylic acids is 4. The van der Waals surface area contributed by atoms with Gasteiger partial charge in [0.05, 0.1) is 11.8 Å². The maximum atomic E-state index is 12.6. The third kappa shape index (κ3) is 3.30. The molecule has 0 aromatic heterocycles. The lowest BCUT2D eigenvalue weighted by molar-refractivity contribution is -0.154. The van der Waals surface area contributed by atoms with E-state index in [1.807, 2.05) is 32.0 Å². The first-order valence-corrected chi connectivity index (χ1v) is 9.72. The molecule has 4 atom stereocenters. The fraction of sp³-hybridized carbons (Fsp3) is 0.524. The summed E-state index contributed by atoms with van der Waals surface area (Å²) in [5, 5.41) is 2.68. The Kier molecular flexibility index (Phi) is 4.69. The molecule has 1 heterocycles. The fourth-order valence-corrected chi connectivity index (χ4v) is 5.19. The number of fused-ring (bicyclic) bond motifs is 5. The highest BCUT2D eigenvalue weighted by molar-refractivity contribution is 6.07. The van der Waals surface area contributed by atoms with E-state index in [0.717, 1.165) is 35.3 Å². The van der Waals surface area contributed by atoms with Gasteiger partial charge >= 0.3 is 5.97 Å². The Morgan fingerprint density at radius 2 is 1.61 bits per heavy atom. The van der Waals surface area contributed by atoms with Crippen molar-refractivity contribution in [3.8, 4) is 0 Å². The molecule has 0 radical (unpaired) electrons. The zero-order valence-electron chi connectivity index (χ0n) is 16.1. The quantitative estimate of drug-likeness (QED) is 0.617. The molecule has 0 spiro atoms. The van der Waals surface area contributed by atoms with E-state index in [1.165, 1.54) is 0 Å². The average molecular weight is 384 g/mol. The lowest BCUT2D eigenvalue weighted by Gasteiger charge is -2.19. The first kappa shape index (κ1) is 18.7. The molecule has 3 fully saturated rings. The number of anilines is 1. The number of hydrogen-bond donors (Lipinski definition) is 1. The summed E-state index contributed by atoms with van der Waals surface area (Å²) in [6.07, 6.45) is 2.92. The number of benzene rings is 1. The van der Waals surface area contributed by atoms with Gasteiger partial charge in [-0.2, -0.15) is 0 Å². The van der Waals surface area contributed by atoms with Crippen LogP contribution in [-0.4, -0.2) is 41.7 Å². The highest BCUT2D eigenvalue weighted by Gasteiger charge is 2.61. The summed E-state index contributed by atoms with van der Waals surface area (Å²) < 4.78 is 4.99. The van der Waals surface area contributed by atoms with Gasteiger partial charge < -0.3 is 10.1 Å². The van der Waals surface area contributed by atoms with E-state index in [2.05, 4.69) is 5.32 Å². The maximum absolute atomic E-state index is 12.6. The molecule has 3 amide bonds. The third-order valence-electron chi connectivity index (χ3n) is 6.18. The zero-order valence-corrected chi connectivity index (χ0v) is 16.1. The van der Waals surface area contributed by atoms with Crippen molar-refractivity contribution >= 4 is 29.4 Å². The van der Waals surface area contributed by atoms with Gasteiger partial charge in [0.2, 0.25) is 11.8 Å². The third-order valence-corrected chi connectivity index (χ3v) is 6.18. The molecule has 0 unspecified atom stereocenters. The minimum atomic E-state index is -0.746. The van der Waals surface area contributed by atoms with E-state index >= 15 is 0 Å². The fourth-order valence-electron chi connectivity index (χ4n) is 5.19. The van der Waals surface area contributed by atoms with Crippen molar-refractivity contribution < 1.29 is 23.9 Å². The summed E-state index contributed by atoms with van der Waals surface area (Å²) in [6.45, 7) is 2.98. The molecular weight excluding hydrogens is 360 g/mol. The first-order valence-electron chi connectivity index (χ1n) is 9.72. The number of esters is 1. The highest BCUT2D eigenvalue weighted by Crippen LogP contribution is 2.56. The van der Waals surface area contributed by atoms with Crippen molar-refractivity contribution in [1.82, 2.24) is 4.90 Å². The summed E-state index contributed by atoms with van der Waals surface area (Å²) >= 11 is 0. The second-order valence-corrected chi connectivity index (χ2v) is 8.23. The van der Waals surface area contributed by atoms with E-state index in [1.54, 1.807) is 0 Å². The van der Waals surface area contributed by atoms with Crippen LogP contribution in [0.3, 0.4) is 0 Å². The Bertz CT molecular complexity index is 816. The van der Waals surface area contributed by atoms with Crippen LogP contribution in [0, 0.1) is 37.5 Å². The van der Waals surface area contributed by atoms with Crippen molar-refractivity contribution in [3.05, 3.63) is 29.3 Å². The summed E-state index contributed by atoms with van der Waals surface area (Å²) in [6, 6.07) is 5.63. The van der Waals surface area contributed by atoms with Crippen molar-refractivity contribution in [3.63, 3.8) is 0 Å². The lowest BCUT2D eigenvalue weighted by Crippen LogP contribution is -2.38. The van der Waals surface area contributed by atoms with E-state index < -0.39 is 25.0 Å². The van der Waals surface area contributed by atoms with Gasteiger partial charge in [-0.15, -0.1) is 0 Å². The number of hydrogen-bond acceptors (Lipinski definition) is 5. The van der Waals surface area contributed by atoms with Crippen molar-refractivity contribution in [1.29, 1.82) is 0 Å². The molecular formula is C21H24N2O5. The number of likely N-dealkylation sites (tertiary alicyclic amines) is 1. The second-order valence-electron chi connectivity index (χ2n) is 8.23. The van der Waals surface area contributed by atoms with Crippen LogP contribution in [0.25, 0.3) is 0 Å². The normalized spacial score (nSPS) is 27.9. The Morgan fingerprint density at radius 3 is 2.18 bits per heavy atom. The number of ether oxygens (including phenoxy) is 1. The van der Waals surface area contributed by atoms with Crippen LogP contribution in [0.1, 0.15) is 30.4 Å². The van der Waals surface area contributed by atoms with Gasteiger partial charge in [-0.3, -0.25) is 24.1 Å². The van der Waals surface area contributed by atoms with Crippen LogP contribution in [-0.2, 0) is 23.9 Å². The summed E-state index contributed by atoms with van der Waals surface area (Å²) in [5.74, 6) is -1.68. The van der Waals surface area contributed by atoms with Crippen LogP contribution in [0.4, 0.5) is 5.69 Å². The van der Waals surface area contributed by atoms with E-state index in [0.29, 0.717) is 5.69 Å². The van der Waals surface area contributed by atoms with E-state index in [-0.39, 0.29) is 35.5 Å². The molecule has 1 saturated heterocycles. The Balaban J connectivity index is 1.29. The Morgan fingerprint density at radius 1 is 1.04 bits per heavy atom. The standard InChI is InChI=1S/C21H24N2O5/c1-11-5-12(2)7-15(6-11)22-16(24)10-28-17(25)9-23-20(26)18-13-3-4-14(8-13)19(18)21(23)27/h5-7,13-14,18-19H,3-4,8-10H2,1-2H3,(H,22,24)/t13-,14+,18-,19+. The first-order chi connectivity index (χ1) is 13.3. The van der Waals surface area contributed by atoms with Gasteiger partial charge in [-0.05, 0) is 68.2 Å². The number of nitrogens with zero attached hydrogens (tertiary/aromatic N) is 1. The number of amides is 3. The molecule has 2 saturated carbocycles. The van der Waals surface area contributed by atoms with Crippen LogP contribution in [0.15, 0.2) is 18.2 Å². The van der Waals surface area contributed by atoms with E-state index in [4.69, 9.17) is 4.74 Å². The van der Waals surface area contributed by atoms with Crippen molar-refractivity contribution in [2.24, 2.45) is 23.7 Å². The number of nitrogens with one attached hydrogen (secondary N) is 1. The topological polar surface area (TPSA) is 92.8 Å². The lowest BCUT2D eigenvalue weighted by atomic mass is 9.81. The molecule has 7 nitrogen and oxygen atoms in total. The predicted molar refractivity (Wildman–Crippen MR) is 100 cm³/mol. The minimum absolute atomic E-state index is 0.251. The molecule has 3 aliphatic rings.